The van der Waals surface area contributed by atoms with Crippen LogP contribution in [-0.4, -0.2) is 10.6 Å². The van der Waals surface area contributed by atoms with Crippen molar-refractivity contribution in [3.8, 4) is 0 Å². The van der Waals surface area contributed by atoms with Gasteiger partial charge in [-0.2, -0.15) is 0 Å². The molecule has 1 atom stereocenters. The maximum Gasteiger partial charge on any atom is 0.0485 e. The van der Waals surface area contributed by atoms with Crippen molar-refractivity contribution >= 4 is 10.9 Å². The van der Waals surface area contributed by atoms with Crippen LogP contribution in [0.4, 0.5) is 0 Å². The van der Waals surface area contributed by atoms with E-state index < -0.39 is 0 Å². The van der Waals surface area contributed by atoms with Gasteiger partial charge in [0.15, 0.2) is 0 Å². The van der Waals surface area contributed by atoms with Crippen molar-refractivity contribution < 1.29 is 0 Å². The van der Waals surface area contributed by atoms with Crippen LogP contribution in [0.1, 0.15) is 23.7 Å². The van der Waals surface area contributed by atoms with Crippen LogP contribution in [0.15, 0.2) is 18.2 Å². The molecule has 1 aliphatic heterocycles. The van der Waals surface area contributed by atoms with E-state index in [1.165, 1.54) is 22.2 Å². The summed E-state index contributed by atoms with van der Waals surface area (Å²) in [5.74, 6) is 0. The zero-order chi connectivity index (χ0) is 11.3. The van der Waals surface area contributed by atoms with Crippen molar-refractivity contribution in [1.29, 1.82) is 0 Å². The molecule has 0 saturated carbocycles. The van der Waals surface area contributed by atoms with Crippen molar-refractivity contribution in [3.05, 3.63) is 35.0 Å². The maximum absolute atomic E-state index is 3.53. The molecule has 2 heteroatoms. The topological polar surface area (TPSA) is 17.0 Å². The first-order chi connectivity index (χ1) is 7.66. The van der Waals surface area contributed by atoms with Crippen molar-refractivity contribution in [2.45, 2.75) is 32.9 Å². The van der Waals surface area contributed by atoms with E-state index in [1.54, 1.807) is 5.56 Å². The van der Waals surface area contributed by atoms with Gasteiger partial charge < -0.3 is 9.88 Å². The van der Waals surface area contributed by atoms with Gasteiger partial charge in [0.05, 0.1) is 0 Å². The molecule has 0 spiro atoms. The zero-order valence-corrected chi connectivity index (χ0v) is 10.2. The third kappa shape index (κ3) is 1.30. The van der Waals surface area contributed by atoms with Crippen LogP contribution in [0.3, 0.4) is 0 Å². The Labute approximate surface area is 96.3 Å². The largest absolute Gasteiger partial charge is 0.346 e. The lowest BCUT2D eigenvalue weighted by Gasteiger charge is -2.21. The predicted molar refractivity (Wildman–Crippen MR) is 67.7 cm³/mol. The summed E-state index contributed by atoms with van der Waals surface area (Å²) in [5.41, 5.74) is 5.72. The second-order valence-corrected chi connectivity index (χ2v) is 4.99. The molecule has 0 radical (unpaired) electrons. The van der Waals surface area contributed by atoms with Gasteiger partial charge in [-0.15, -0.1) is 0 Å². The fourth-order valence-corrected chi connectivity index (χ4v) is 2.78. The maximum atomic E-state index is 3.53. The zero-order valence-electron chi connectivity index (χ0n) is 10.2. The number of rotatable bonds is 0. The van der Waals surface area contributed by atoms with E-state index in [0.29, 0.717) is 6.04 Å². The molecule has 84 valence electrons. The molecule has 1 N–H and O–H groups in total. The molecule has 2 heterocycles. The Balaban J connectivity index is 2.32. The molecular weight excluding hydrogens is 196 g/mol. The molecule has 1 aromatic carbocycles. The predicted octanol–water partition coefficient (Wildman–Crippen LogP) is 2.52. The number of benzene rings is 1. The Hall–Kier alpha value is -1.28. The number of aryl methyl sites for hydroxylation is 2. The summed E-state index contributed by atoms with van der Waals surface area (Å²) >= 11 is 0. The molecule has 2 nitrogen and oxygen atoms in total. The normalized spacial score (nSPS) is 20.1. The molecule has 16 heavy (non-hydrogen) atoms. The van der Waals surface area contributed by atoms with Gasteiger partial charge in [-0.3, -0.25) is 0 Å². The number of hydrogen-bond acceptors (Lipinski definition) is 1. The number of hydrogen-bond donors (Lipinski definition) is 1. The van der Waals surface area contributed by atoms with E-state index in [4.69, 9.17) is 0 Å². The highest BCUT2D eigenvalue weighted by molar-refractivity contribution is 5.86. The number of nitrogens with zero attached hydrogens (tertiary/aromatic N) is 1. The molecule has 0 bridgehead atoms. The molecule has 1 aromatic heterocycles. The molecule has 1 unspecified atom stereocenters. The summed E-state index contributed by atoms with van der Waals surface area (Å²) in [6, 6.07) is 7.38. The van der Waals surface area contributed by atoms with Crippen molar-refractivity contribution in [1.82, 2.24) is 9.88 Å². The van der Waals surface area contributed by atoms with Gasteiger partial charge in [0.1, 0.15) is 0 Å². The van der Waals surface area contributed by atoms with Crippen LogP contribution in [0.5, 0.6) is 0 Å². The number of fused-ring (bicyclic) bond motifs is 3. The van der Waals surface area contributed by atoms with Crippen molar-refractivity contribution in [2.75, 3.05) is 0 Å². The van der Waals surface area contributed by atoms with E-state index in [0.717, 1.165) is 13.0 Å². The Morgan fingerprint density at radius 2 is 2.19 bits per heavy atom. The number of aromatic nitrogens is 1. The molecule has 0 saturated heterocycles. The van der Waals surface area contributed by atoms with E-state index in [-0.39, 0.29) is 0 Å². The highest BCUT2D eigenvalue weighted by Crippen LogP contribution is 2.29. The molecule has 2 aromatic rings. The van der Waals surface area contributed by atoms with Crippen molar-refractivity contribution in [3.63, 3.8) is 0 Å². The second-order valence-electron chi connectivity index (χ2n) is 4.99. The quantitative estimate of drug-likeness (QED) is 0.713. The summed E-state index contributed by atoms with van der Waals surface area (Å²) in [4.78, 5) is 0. The van der Waals surface area contributed by atoms with Gasteiger partial charge in [-0.25, -0.2) is 0 Å². The number of nitrogens with one attached hydrogen (secondary N) is 1. The lowest BCUT2D eigenvalue weighted by atomic mass is 9.99. The Morgan fingerprint density at radius 3 is 3.00 bits per heavy atom. The first kappa shape index (κ1) is 9.91. The molecule has 3 rings (SSSR count). The SMILES string of the molecule is Cc1ccc2c3c(n(C)c2c1)CNC(C)C3. The fourth-order valence-electron chi connectivity index (χ4n) is 2.78. The Morgan fingerprint density at radius 1 is 1.38 bits per heavy atom. The van der Waals surface area contributed by atoms with Crippen LogP contribution < -0.4 is 5.32 Å². The standard InChI is InChI=1S/C14H18N2/c1-9-4-5-11-12-7-10(2)15-8-14(12)16(3)13(11)6-9/h4-6,10,15H,7-8H2,1-3H3. The smallest absolute Gasteiger partial charge is 0.0485 e. The van der Waals surface area contributed by atoms with Crippen LogP contribution >= 0.6 is 0 Å². The monoisotopic (exact) mass is 214 g/mol. The van der Waals surface area contributed by atoms with E-state index in [1.807, 2.05) is 0 Å². The highest BCUT2D eigenvalue weighted by Gasteiger charge is 2.21. The first-order valence-electron chi connectivity index (χ1n) is 5.97. The molecule has 0 aliphatic carbocycles. The third-order valence-corrected chi connectivity index (χ3v) is 3.72. The summed E-state index contributed by atoms with van der Waals surface area (Å²) in [6.45, 7) is 5.42. The van der Waals surface area contributed by atoms with E-state index in [9.17, 15) is 0 Å². The average molecular weight is 214 g/mol. The highest BCUT2D eigenvalue weighted by atomic mass is 15.0. The van der Waals surface area contributed by atoms with Gasteiger partial charge in [0.25, 0.3) is 0 Å². The van der Waals surface area contributed by atoms with Gasteiger partial charge in [0, 0.05) is 36.2 Å². The summed E-state index contributed by atoms with van der Waals surface area (Å²) < 4.78 is 2.34. The summed E-state index contributed by atoms with van der Waals surface area (Å²) in [5, 5.41) is 4.97. The lowest BCUT2D eigenvalue weighted by Crippen LogP contribution is -2.33. The first-order valence-corrected chi connectivity index (χ1v) is 5.97. The van der Waals surface area contributed by atoms with Gasteiger partial charge >= 0.3 is 0 Å². The minimum absolute atomic E-state index is 0.597. The summed E-state index contributed by atoms with van der Waals surface area (Å²) in [6.07, 6.45) is 1.15. The van der Waals surface area contributed by atoms with Gasteiger partial charge in [-0.05, 0) is 37.5 Å². The minimum Gasteiger partial charge on any atom is -0.346 e. The van der Waals surface area contributed by atoms with Gasteiger partial charge in [0.2, 0.25) is 0 Å². The summed E-state index contributed by atoms with van der Waals surface area (Å²) in [7, 11) is 2.18. The van der Waals surface area contributed by atoms with E-state index >= 15 is 0 Å². The van der Waals surface area contributed by atoms with Crippen LogP contribution in [0.2, 0.25) is 0 Å². The van der Waals surface area contributed by atoms with E-state index in [2.05, 4.69) is 49.0 Å². The average Bonchev–Trinajstić information content (AvgIpc) is 2.52. The minimum atomic E-state index is 0.597. The Kier molecular flexibility index (Phi) is 2.08. The van der Waals surface area contributed by atoms with Gasteiger partial charge in [-0.1, -0.05) is 12.1 Å². The molecular formula is C14H18N2. The van der Waals surface area contributed by atoms with Crippen LogP contribution in [0.25, 0.3) is 10.9 Å². The lowest BCUT2D eigenvalue weighted by molar-refractivity contribution is 0.501. The van der Waals surface area contributed by atoms with Crippen LogP contribution in [0, 0.1) is 6.92 Å². The van der Waals surface area contributed by atoms with Crippen LogP contribution in [-0.2, 0) is 20.0 Å². The van der Waals surface area contributed by atoms with Crippen molar-refractivity contribution in [2.24, 2.45) is 7.05 Å². The second kappa shape index (κ2) is 3.36. The molecule has 0 fully saturated rings. The molecule has 1 aliphatic rings. The Bertz CT molecular complexity index is 551. The fraction of sp³-hybridized carbons (Fsp3) is 0.429. The molecule has 0 amide bonds. The third-order valence-electron chi connectivity index (χ3n) is 3.72.